The summed E-state index contributed by atoms with van der Waals surface area (Å²) in [4.78, 5) is 4.87. The number of nitrogens with two attached hydrogens (primary N) is 1. The molecule has 52 valence electrons. The number of nitrogens with zero attached hydrogens (tertiary/aromatic N) is 1. The first-order valence-electron chi connectivity index (χ1n) is 3.01. The fourth-order valence-electron chi connectivity index (χ4n) is 0.990. The molecule has 3 nitrogen and oxygen atoms in total. The van der Waals surface area contributed by atoms with Crippen LogP contribution in [0.15, 0.2) is 5.16 Å². The van der Waals surface area contributed by atoms with Gasteiger partial charge in [0.25, 0.3) is 0 Å². The van der Waals surface area contributed by atoms with Crippen molar-refractivity contribution in [2.24, 2.45) is 16.8 Å². The van der Waals surface area contributed by atoms with Crippen molar-refractivity contribution in [1.29, 1.82) is 0 Å². The predicted octanol–water partition coefficient (Wildman–Crippen LogP) is 0.354. The van der Waals surface area contributed by atoms with Crippen LogP contribution < -0.4 is 5.73 Å². The number of hydrogen-bond acceptors (Lipinski definition) is 3. The monoisotopic (exact) mass is 128 g/mol. The molecule has 0 saturated heterocycles. The number of rotatable bonds is 2. The van der Waals surface area contributed by atoms with Crippen molar-refractivity contribution in [3.8, 4) is 0 Å². The first kappa shape index (κ1) is 6.55. The largest absolute Gasteiger partial charge is 0.391 e. The molecular formula is C6H12N2O. The van der Waals surface area contributed by atoms with Crippen LogP contribution in [-0.4, -0.2) is 18.4 Å². The Bertz CT molecular complexity index is 133. The molecule has 9 heavy (non-hydrogen) atoms. The van der Waals surface area contributed by atoms with E-state index in [1.807, 2.05) is 13.8 Å². The first-order valence-corrected chi connectivity index (χ1v) is 3.01. The molecule has 1 rings (SSSR count). The topological polar surface area (TPSA) is 47.6 Å². The molecule has 0 spiro atoms. The lowest BCUT2D eigenvalue weighted by atomic mass is 10.3. The molecule has 2 N–H and O–H groups in total. The summed E-state index contributed by atoms with van der Waals surface area (Å²) in [7, 11) is 0. The molecule has 3 atom stereocenters. The molecule has 0 bridgehead atoms. The predicted molar refractivity (Wildman–Crippen MR) is 36.2 cm³/mol. The summed E-state index contributed by atoms with van der Waals surface area (Å²) in [6.45, 7) is 7.20. The molecule has 3 unspecified atom stereocenters. The zero-order chi connectivity index (χ0) is 7.07. The van der Waals surface area contributed by atoms with Gasteiger partial charge in [-0.1, -0.05) is 6.92 Å². The zero-order valence-electron chi connectivity index (χ0n) is 5.79. The lowest BCUT2D eigenvalue weighted by Crippen LogP contribution is -2.23. The average Bonchev–Trinajstić information content (AvgIpc) is 2.19. The van der Waals surface area contributed by atoms with Crippen LogP contribution in [0.5, 0.6) is 0 Å². The van der Waals surface area contributed by atoms with Crippen molar-refractivity contribution >= 4 is 6.72 Å². The second-order valence-corrected chi connectivity index (χ2v) is 2.81. The van der Waals surface area contributed by atoms with Crippen molar-refractivity contribution in [1.82, 2.24) is 0 Å². The Morgan fingerprint density at radius 3 is 2.33 bits per heavy atom. The molecule has 0 radical (unpaired) electrons. The molecule has 0 aromatic heterocycles. The molecule has 1 saturated carbocycles. The molecule has 1 fully saturated rings. The van der Waals surface area contributed by atoms with Crippen LogP contribution in [0.1, 0.15) is 13.8 Å². The Balaban J connectivity index is 2.42. The molecule has 0 amide bonds. The van der Waals surface area contributed by atoms with Gasteiger partial charge in [0.1, 0.15) is 6.10 Å². The first-order chi connectivity index (χ1) is 4.10. The molecule has 0 heterocycles. The normalized spacial score (nSPS) is 48.3. The van der Waals surface area contributed by atoms with E-state index in [0.29, 0.717) is 5.92 Å². The fourth-order valence-corrected chi connectivity index (χ4v) is 0.990. The highest BCUT2D eigenvalue weighted by Gasteiger charge is 2.58. The van der Waals surface area contributed by atoms with Crippen molar-refractivity contribution in [3.63, 3.8) is 0 Å². The van der Waals surface area contributed by atoms with Crippen LogP contribution in [0.3, 0.4) is 0 Å². The van der Waals surface area contributed by atoms with Crippen LogP contribution in [0.25, 0.3) is 0 Å². The van der Waals surface area contributed by atoms with Crippen molar-refractivity contribution in [2.75, 3.05) is 0 Å². The summed E-state index contributed by atoms with van der Waals surface area (Å²) in [6.07, 6.45) is 0.0787. The van der Waals surface area contributed by atoms with Crippen molar-refractivity contribution < 1.29 is 4.84 Å². The minimum Gasteiger partial charge on any atom is -0.391 e. The Morgan fingerprint density at radius 1 is 1.78 bits per heavy atom. The van der Waals surface area contributed by atoms with Crippen LogP contribution in [0, 0.1) is 5.92 Å². The van der Waals surface area contributed by atoms with E-state index >= 15 is 0 Å². The van der Waals surface area contributed by atoms with Gasteiger partial charge in [-0.05, 0) is 6.92 Å². The summed E-state index contributed by atoms with van der Waals surface area (Å²) in [5.74, 6) is 0.406. The second-order valence-electron chi connectivity index (χ2n) is 2.81. The van der Waals surface area contributed by atoms with Gasteiger partial charge in [0, 0.05) is 12.6 Å². The highest BCUT2D eigenvalue weighted by Crippen LogP contribution is 2.43. The van der Waals surface area contributed by atoms with Gasteiger partial charge in [-0.25, -0.2) is 0 Å². The van der Waals surface area contributed by atoms with E-state index in [4.69, 9.17) is 10.6 Å². The van der Waals surface area contributed by atoms with Gasteiger partial charge in [0.15, 0.2) is 0 Å². The van der Waals surface area contributed by atoms with Gasteiger partial charge in [-0.2, -0.15) is 0 Å². The summed E-state index contributed by atoms with van der Waals surface area (Å²) in [6, 6.07) is 0. The summed E-state index contributed by atoms with van der Waals surface area (Å²) < 4.78 is 0. The van der Waals surface area contributed by atoms with E-state index in [1.54, 1.807) is 0 Å². The Hall–Kier alpha value is -0.570. The van der Waals surface area contributed by atoms with Gasteiger partial charge in [-0.15, -0.1) is 5.16 Å². The van der Waals surface area contributed by atoms with Gasteiger partial charge in [0.2, 0.25) is 0 Å². The minimum absolute atomic E-state index is 0.0787. The average molecular weight is 128 g/mol. The quantitative estimate of drug-likeness (QED) is 0.431. The number of hydrogen-bond donors (Lipinski definition) is 1. The third kappa shape index (κ3) is 0.812. The fraction of sp³-hybridized carbons (Fsp3) is 0.833. The molecular weight excluding hydrogens is 116 g/mol. The van der Waals surface area contributed by atoms with E-state index in [-0.39, 0.29) is 11.6 Å². The van der Waals surface area contributed by atoms with Crippen LogP contribution >= 0.6 is 0 Å². The van der Waals surface area contributed by atoms with Crippen LogP contribution in [0.4, 0.5) is 0 Å². The molecule has 0 aromatic carbocycles. The molecule has 1 aliphatic rings. The standard InChI is InChI=1S/C6H12N2O/c1-4-5(9-8-3)6(4,2)7/h4-5H,3,7H2,1-2H3. The van der Waals surface area contributed by atoms with Crippen LogP contribution in [0.2, 0.25) is 0 Å². The van der Waals surface area contributed by atoms with E-state index < -0.39 is 0 Å². The van der Waals surface area contributed by atoms with Gasteiger partial charge >= 0.3 is 0 Å². The molecule has 0 aliphatic heterocycles. The lowest BCUT2D eigenvalue weighted by Gasteiger charge is -1.98. The minimum atomic E-state index is -0.179. The smallest absolute Gasteiger partial charge is 0.149 e. The van der Waals surface area contributed by atoms with E-state index in [2.05, 4.69) is 11.9 Å². The van der Waals surface area contributed by atoms with E-state index in [0.717, 1.165) is 0 Å². The van der Waals surface area contributed by atoms with Gasteiger partial charge < -0.3 is 10.6 Å². The Morgan fingerprint density at radius 2 is 2.22 bits per heavy atom. The van der Waals surface area contributed by atoms with E-state index in [9.17, 15) is 0 Å². The highest BCUT2D eigenvalue weighted by atomic mass is 16.6. The SMILES string of the molecule is C=NOC1C(C)C1(C)N. The molecule has 1 aliphatic carbocycles. The Kier molecular flexibility index (Phi) is 1.24. The zero-order valence-corrected chi connectivity index (χ0v) is 5.79. The Labute approximate surface area is 54.9 Å². The summed E-state index contributed by atoms with van der Waals surface area (Å²) in [5.41, 5.74) is 5.55. The van der Waals surface area contributed by atoms with E-state index in [1.165, 1.54) is 0 Å². The summed E-state index contributed by atoms with van der Waals surface area (Å²) >= 11 is 0. The maximum Gasteiger partial charge on any atom is 0.149 e. The van der Waals surface area contributed by atoms with Crippen LogP contribution in [-0.2, 0) is 4.84 Å². The van der Waals surface area contributed by atoms with Gasteiger partial charge in [0.05, 0.1) is 5.54 Å². The third-order valence-electron chi connectivity index (χ3n) is 2.13. The van der Waals surface area contributed by atoms with Crippen molar-refractivity contribution in [2.45, 2.75) is 25.5 Å². The summed E-state index contributed by atoms with van der Waals surface area (Å²) in [5, 5.41) is 3.31. The molecule has 3 heteroatoms. The van der Waals surface area contributed by atoms with Crippen molar-refractivity contribution in [3.05, 3.63) is 0 Å². The third-order valence-corrected chi connectivity index (χ3v) is 2.13. The second kappa shape index (κ2) is 1.70. The molecule has 0 aromatic rings. The maximum absolute atomic E-state index is 5.73. The lowest BCUT2D eigenvalue weighted by molar-refractivity contribution is 0.111. The van der Waals surface area contributed by atoms with Gasteiger partial charge in [-0.3, -0.25) is 0 Å². The maximum atomic E-state index is 5.73. The highest BCUT2D eigenvalue weighted by molar-refractivity contribution is 5.22. The number of oxime groups is 1.